The zero-order chi connectivity index (χ0) is 25.6. The lowest BCUT2D eigenvalue weighted by molar-refractivity contribution is 0.104. The summed E-state index contributed by atoms with van der Waals surface area (Å²) in [5.74, 6) is 1.07. The second kappa shape index (κ2) is 18.1. The molecule has 0 saturated heterocycles. The summed E-state index contributed by atoms with van der Waals surface area (Å²) in [6.07, 6.45) is 7.75. The van der Waals surface area contributed by atoms with Gasteiger partial charge in [0.05, 0.1) is 0 Å². The van der Waals surface area contributed by atoms with E-state index in [-0.39, 0.29) is 31.4 Å². The van der Waals surface area contributed by atoms with Gasteiger partial charge >= 0.3 is 0 Å². The largest absolute Gasteiger partial charge is 0.508 e. The molecule has 0 spiro atoms. The van der Waals surface area contributed by atoms with Gasteiger partial charge in [-0.25, -0.2) is 9.97 Å². The van der Waals surface area contributed by atoms with Crippen LogP contribution in [-0.2, 0) is 25.9 Å². The summed E-state index contributed by atoms with van der Waals surface area (Å²) in [5, 5.41) is 30.1. The molecule has 0 radical (unpaired) electrons. The number of phenolic OH excluding ortho intramolecular Hbond substituents is 1. The molecule has 4 aromatic rings. The predicted molar refractivity (Wildman–Crippen MR) is 151 cm³/mol. The maximum absolute atomic E-state index is 9.80. The standard InChI is InChI=1S/C16H24N4O2.C10H11N3O.2ClH/c1-13(2)18-9-15(21)10-22-16-5-3-14(4-6-16)7-8-20-12-17-11-19-20;14-10-3-1-9(2-4-10)5-6-13-8-11-7-12-13;;/h3-6,11-13,15,18,21H,7-10H2,1-2H3;1-4,7-8,14H,5-6H2;2*1H. The molecule has 3 N–H and O–H groups in total. The third kappa shape index (κ3) is 12.9. The fourth-order valence-electron chi connectivity index (χ4n) is 3.22. The number of hydrogen-bond acceptors (Lipinski definition) is 8. The fraction of sp³-hybridized carbons (Fsp3) is 0.385. The molecule has 208 valence electrons. The quantitative estimate of drug-likeness (QED) is 0.239. The number of nitrogens with one attached hydrogen (secondary N) is 1. The molecule has 0 aliphatic carbocycles. The van der Waals surface area contributed by atoms with E-state index in [0.717, 1.165) is 31.7 Å². The Morgan fingerprint density at radius 3 is 1.76 bits per heavy atom. The summed E-state index contributed by atoms with van der Waals surface area (Å²) in [6, 6.07) is 15.5. The summed E-state index contributed by atoms with van der Waals surface area (Å²) in [6.45, 7) is 6.54. The molecule has 4 rings (SSSR count). The van der Waals surface area contributed by atoms with E-state index in [1.54, 1.807) is 29.5 Å². The van der Waals surface area contributed by atoms with Gasteiger partial charge in [-0.3, -0.25) is 9.36 Å². The summed E-state index contributed by atoms with van der Waals surface area (Å²) >= 11 is 0. The van der Waals surface area contributed by atoms with Crippen molar-refractivity contribution < 1.29 is 14.9 Å². The molecule has 0 bridgehead atoms. The molecule has 10 nitrogen and oxygen atoms in total. The number of aromatic hydroxyl groups is 1. The zero-order valence-corrected chi connectivity index (χ0v) is 23.3. The Morgan fingerprint density at radius 2 is 1.32 bits per heavy atom. The van der Waals surface area contributed by atoms with Gasteiger partial charge in [-0.15, -0.1) is 24.8 Å². The Labute approximate surface area is 235 Å². The highest BCUT2D eigenvalue weighted by Crippen LogP contribution is 2.13. The Morgan fingerprint density at radius 1 is 0.816 bits per heavy atom. The number of aryl methyl sites for hydroxylation is 4. The van der Waals surface area contributed by atoms with Crippen LogP contribution in [0.1, 0.15) is 25.0 Å². The number of aromatic nitrogens is 6. The SMILES string of the molecule is CC(C)NCC(O)COc1ccc(CCn2cncn2)cc1.Cl.Cl.Oc1ccc(CCn2cncn2)cc1. The van der Waals surface area contributed by atoms with Crippen LogP contribution < -0.4 is 10.1 Å². The van der Waals surface area contributed by atoms with Gasteiger partial charge in [0.1, 0.15) is 49.5 Å². The van der Waals surface area contributed by atoms with Gasteiger partial charge in [0.25, 0.3) is 0 Å². The molecule has 0 aliphatic rings. The third-order valence-electron chi connectivity index (χ3n) is 5.26. The molecular formula is C26H37Cl2N7O3. The van der Waals surface area contributed by atoms with E-state index < -0.39 is 6.10 Å². The second-order valence-corrected chi connectivity index (χ2v) is 8.66. The lowest BCUT2D eigenvalue weighted by Crippen LogP contribution is -2.35. The number of rotatable bonds is 12. The second-order valence-electron chi connectivity index (χ2n) is 8.66. The predicted octanol–water partition coefficient (Wildman–Crippen LogP) is 3.33. The maximum Gasteiger partial charge on any atom is 0.137 e. The lowest BCUT2D eigenvalue weighted by Gasteiger charge is -2.15. The first-order valence-electron chi connectivity index (χ1n) is 12.0. The first-order chi connectivity index (χ1) is 17.5. The molecule has 1 unspecified atom stereocenters. The summed E-state index contributed by atoms with van der Waals surface area (Å²) < 4.78 is 9.18. The van der Waals surface area contributed by atoms with Crippen LogP contribution in [-0.4, -0.2) is 65.0 Å². The van der Waals surface area contributed by atoms with Crippen molar-refractivity contribution in [3.8, 4) is 11.5 Å². The highest BCUT2D eigenvalue weighted by Gasteiger charge is 2.06. The normalized spacial score (nSPS) is 11.1. The Bertz CT molecular complexity index is 1100. The van der Waals surface area contributed by atoms with Gasteiger partial charge in [0, 0.05) is 25.7 Å². The maximum atomic E-state index is 9.80. The van der Waals surface area contributed by atoms with Crippen LogP contribution in [0.5, 0.6) is 11.5 Å². The van der Waals surface area contributed by atoms with E-state index >= 15 is 0 Å². The molecule has 2 heterocycles. The first-order valence-corrected chi connectivity index (χ1v) is 12.0. The number of halogens is 2. The third-order valence-corrected chi connectivity index (χ3v) is 5.26. The van der Waals surface area contributed by atoms with Crippen LogP contribution in [0.2, 0.25) is 0 Å². The first kappa shape index (κ1) is 32.8. The van der Waals surface area contributed by atoms with Crippen molar-refractivity contribution in [2.24, 2.45) is 0 Å². The van der Waals surface area contributed by atoms with Crippen molar-refractivity contribution in [3.05, 3.63) is 85.0 Å². The van der Waals surface area contributed by atoms with E-state index in [9.17, 15) is 5.11 Å². The van der Waals surface area contributed by atoms with E-state index in [1.807, 2.05) is 54.9 Å². The van der Waals surface area contributed by atoms with Crippen LogP contribution in [0.3, 0.4) is 0 Å². The molecule has 0 aliphatic heterocycles. The summed E-state index contributed by atoms with van der Waals surface area (Å²) in [5.41, 5.74) is 2.39. The van der Waals surface area contributed by atoms with Crippen molar-refractivity contribution in [3.63, 3.8) is 0 Å². The van der Waals surface area contributed by atoms with Gasteiger partial charge in [0.15, 0.2) is 0 Å². The molecule has 12 heteroatoms. The van der Waals surface area contributed by atoms with Gasteiger partial charge in [-0.2, -0.15) is 10.2 Å². The van der Waals surface area contributed by atoms with Gasteiger partial charge in [-0.05, 0) is 48.2 Å². The van der Waals surface area contributed by atoms with Crippen LogP contribution >= 0.6 is 24.8 Å². The van der Waals surface area contributed by atoms with E-state index in [4.69, 9.17) is 9.84 Å². The van der Waals surface area contributed by atoms with Crippen molar-refractivity contribution in [2.75, 3.05) is 13.2 Å². The number of phenols is 1. The number of ether oxygens (including phenoxy) is 1. The average molecular weight is 567 g/mol. The average Bonchev–Trinajstić information content (AvgIpc) is 3.60. The molecule has 2 aromatic heterocycles. The number of nitrogens with zero attached hydrogens (tertiary/aromatic N) is 6. The molecule has 0 saturated carbocycles. The molecule has 0 fully saturated rings. The monoisotopic (exact) mass is 565 g/mol. The zero-order valence-electron chi connectivity index (χ0n) is 21.6. The Balaban J connectivity index is 0.000000392. The minimum absolute atomic E-state index is 0. The number of aliphatic hydroxyl groups excluding tert-OH is 1. The Hall–Kier alpha value is -3.18. The van der Waals surface area contributed by atoms with Crippen LogP contribution in [0.4, 0.5) is 0 Å². The Kier molecular flexibility index (Phi) is 15.7. The summed E-state index contributed by atoms with van der Waals surface area (Å²) in [7, 11) is 0. The molecule has 0 amide bonds. The van der Waals surface area contributed by atoms with Crippen molar-refractivity contribution >= 4 is 24.8 Å². The molecule has 2 aromatic carbocycles. The summed E-state index contributed by atoms with van der Waals surface area (Å²) in [4.78, 5) is 7.78. The van der Waals surface area contributed by atoms with Gasteiger partial charge < -0.3 is 20.3 Å². The van der Waals surface area contributed by atoms with Crippen LogP contribution in [0, 0.1) is 0 Å². The minimum Gasteiger partial charge on any atom is -0.508 e. The topological polar surface area (TPSA) is 123 Å². The minimum atomic E-state index is -0.505. The lowest BCUT2D eigenvalue weighted by atomic mass is 10.1. The van der Waals surface area contributed by atoms with E-state index in [0.29, 0.717) is 18.3 Å². The van der Waals surface area contributed by atoms with Gasteiger partial charge in [-0.1, -0.05) is 38.1 Å². The highest BCUT2D eigenvalue weighted by molar-refractivity contribution is 5.85. The highest BCUT2D eigenvalue weighted by atomic mass is 35.5. The molecule has 1 atom stereocenters. The number of aliphatic hydroxyl groups is 1. The molecular weight excluding hydrogens is 529 g/mol. The van der Waals surface area contributed by atoms with Crippen LogP contribution in [0.25, 0.3) is 0 Å². The van der Waals surface area contributed by atoms with Gasteiger partial charge in [0.2, 0.25) is 0 Å². The van der Waals surface area contributed by atoms with E-state index in [1.165, 1.54) is 23.8 Å². The van der Waals surface area contributed by atoms with Crippen molar-refractivity contribution in [1.82, 2.24) is 34.8 Å². The van der Waals surface area contributed by atoms with E-state index in [2.05, 4.69) is 25.5 Å². The fourth-order valence-corrected chi connectivity index (χ4v) is 3.22. The number of hydrogen-bond donors (Lipinski definition) is 3. The molecule has 38 heavy (non-hydrogen) atoms. The van der Waals surface area contributed by atoms with Crippen molar-refractivity contribution in [2.45, 2.75) is 51.9 Å². The van der Waals surface area contributed by atoms with Crippen LogP contribution in [0.15, 0.2) is 73.8 Å². The number of benzene rings is 2. The smallest absolute Gasteiger partial charge is 0.137 e. The van der Waals surface area contributed by atoms with Crippen molar-refractivity contribution in [1.29, 1.82) is 0 Å².